The van der Waals surface area contributed by atoms with Gasteiger partial charge in [-0.2, -0.15) is 0 Å². The number of allylic oxidation sites excluding steroid dienone is 1. The van der Waals surface area contributed by atoms with Crippen LogP contribution in [0.1, 0.15) is 19.8 Å². The lowest BCUT2D eigenvalue weighted by molar-refractivity contribution is -0.137. The van der Waals surface area contributed by atoms with Crippen LogP contribution < -0.4 is 9.64 Å². The molecule has 4 heteroatoms. The number of ether oxygens (including phenoxy) is 1. The number of hydrogen-bond acceptors (Lipinski definition) is 3. The van der Waals surface area contributed by atoms with Crippen LogP contribution in [0.15, 0.2) is 35.4 Å². The molecule has 0 radical (unpaired) electrons. The molecular formula is C17H19NO3. The van der Waals surface area contributed by atoms with Crippen molar-refractivity contribution in [2.75, 3.05) is 12.0 Å². The minimum absolute atomic E-state index is 0.0189. The Bertz CT molecular complexity index is 634. The van der Waals surface area contributed by atoms with Crippen molar-refractivity contribution in [2.45, 2.75) is 31.9 Å². The van der Waals surface area contributed by atoms with Crippen LogP contribution in [0.25, 0.3) is 0 Å². The second kappa shape index (κ2) is 4.34. The first-order valence-corrected chi connectivity index (χ1v) is 7.48. The quantitative estimate of drug-likeness (QED) is 0.669. The fourth-order valence-corrected chi connectivity index (χ4v) is 4.11. The van der Waals surface area contributed by atoms with E-state index in [-0.39, 0.29) is 17.9 Å². The van der Waals surface area contributed by atoms with Gasteiger partial charge in [0.1, 0.15) is 5.75 Å². The first-order valence-electron chi connectivity index (χ1n) is 7.48. The average Bonchev–Trinajstić information content (AvgIpc) is 2.47. The highest BCUT2D eigenvalue weighted by Crippen LogP contribution is 2.54. The molecule has 1 saturated carbocycles. The normalized spacial score (nSPS) is 33.9. The third-order valence-corrected chi connectivity index (χ3v) is 5.42. The third kappa shape index (κ3) is 1.57. The molecule has 2 aliphatic carbocycles. The summed E-state index contributed by atoms with van der Waals surface area (Å²) in [6.07, 6.45) is 1.61. The summed E-state index contributed by atoms with van der Waals surface area (Å²) in [7, 11) is 1.62. The summed E-state index contributed by atoms with van der Waals surface area (Å²) in [5.41, 5.74) is 3.25. The second-order valence-corrected chi connectivity index (χ2v) is 6.22. The van der Waals surface area contributed by atoms with Gasteiger partial charge < -0.3 is 14.7 Å². The Morgan fingerprint density at radius 2 is 2.00 bits per heavy atom. The summed E-state index contributed by atoms with van der Waals surface area (Å²) in [4.78, 5) is 14.3. The van der Waals surface area contributed by atoms with Crippen LogP contribution in [0.5, 0.6) is 5.75 Å². The minimum atomic E-state index is -0.527. The molecular weight excluding hydrogens is 266 g/mol. The largest absolute Gasteiger partial charge is 0.497 e. The lowest BCUT2D eigenvalue weighted by Crippen LogP contribution is -2.71. The van der Waals surface area contributed by atoms with Crippen molar-refractivity contribution in [1.82, 2.24) is 0 Å². The summed E-state index contributed by atoms with van der Waals surface area (Å²) in [5.74, 6) is 1.28. The zero-order valence-electron chi connectivity index (χ0n) is 12.2. The molecule has 1 saturated heterocycles. The van der Waals surface area contributed by atoms with E-state index in [0.29, 0.717) is 5.92 Å². The fraction of sp³-hybridized carbons (Fsp3) is 0.471. The van der Waals surface area contributed by atoms with Crippen molar-refractivity contribution in [3.63, 3.8) is 0 Å². The number of rotatable bonds is 2. The maximum atomic E-state index is 12.6. The highest BCUT2D eigenvalue weighted by Gasteiger charge is 2.60. The summed E-state index contributed by atoms with van der Waals surface area (Å²) in [5, 5.41) is 10.6. The molecule has 1 aromatic carbocycles. The van der Waals surface area contributed by atoms with Gasteiger partial charge in [-0.15, -0.1) is 0 Å². The molecule has 110 valence electrons. The maximum absolute atomic E-state index is 12.6. The van der Waals surface area contributed by atoms with Gasteiger partial charge >= 0.3 is 0 Å². The summed E-state index contributed by atoms with van der Waals surface area (Å²) in [6, 6.07) is 7.37. The number of benzene rings is 1. The molecule has 0 bridgehead atoms. The minimum Gasteiger partial charge on any atom is -0.497 e. The van der Waals surface area contributed by atoms with Crippen LogP contribution in [0.3, 0.4) is 0 Å². The number of nitrogens with zero attached hydrogens (tertiary/aromatic N) is 1. The lowest BCUT2D eigenvalue weighted by Gasteiger charge is -2.58. The Hall–Kier alpha value is -1.81. The number of amides is 1. The van der Waals surface area contributed by atoms with E-state index >= 15 is 0 Å². The first-order chi connectivity index (χ1) is 10.1. The molecule has 1 aliphatic heterocycles. The number of fused-ring (bicyclic) bond motifs is 3. The van der Waals surface area contributed by atoms with Gasteiger partial charge in [-0.3, -0.25) is 4.79 Å². The van der Waals surface area contributed by atoms with E-state index in [1.807, 2.05) is 31.2 Å². The van der Waals surface area contributed by atoms with E-state index < -0.39 is 6.10 Å². The van der Waals surface area contributed by atoms with Crippen LogP contribution in [0.4, 0.5) is 5.69 Å². The Labute approximate surface area is 124 Å². The Morgan fingerprint density at radius 3 is 2.57 bits per heavy atom. The Balaban J connectivity index is 1.68. The van der Waals surface area contributed by atoms with Gasteiger partial charge in [0.05, 0.1) is 25.2 Å². The highest BCUT2D eigenvalue weighted by molar-refractivity contribution is 6.04. The monoisotopic (exact) mass is 285 g/mol. The molecule has 4 nitrogen and oxygen atoms in total. The molecule has 1 amide bonds. The second-order valence-electron chi connectivity index (χ2n) is 6.22. The fourth-order valence-electron chi connectivity index (χ4n) is 4.11. The molecule has 0 aromatic heterocycles. The van der Waals surface area contributed by atoms with E-state index in [0.717, 1.165) is 29.9 Å². The SMILES string of the molecule is COc1ccc(N2C(=O)[C@H]3[C@@H]2[C@@H](O)C(C)=C2CC[C@H]23)cc1. The van der Waals surface area contributed by atoms with E-state index in [2.05, 4.69) is 0 Å². The van der Waals surface area contributed by atoms with Crippen molar-refractivity contribution < 1.29 is 14.6 Å². The predicted molar refractivity (Wildman–Crippen MR) is 79.2 cm³/mol. The van der Waals surface area contributed by atoms with Crippen LogP contribution in [-0.4, -0.2) is 30.3 Å². The zero-order chi connectivity index (χ0) is 14.7. The van der Waals surface area contributed by atoms with E-state index in [1.165, 1.54) is 5.57 Å². The third-order valence-electron chi connectivity index (χ3n) is 5.42. The van der Waals surface area contributed by atoms with E-state index in [4.69, 9.17) is 4.74 Å². The van der Waals surface area contributed by atoms with Crippen molar-refractivity contribution in [1.29, 1.82) is 0 Å². The van der Waals surface area contributed by atoms with Gasteiger partial charge in [0.2, 0.25) is 5.91 Å². The van der Waals surface area contributed by atoms with Crippen molar-refractivity contribution in [2.24, 2.45) is 11.8 Å². The molecule has 0 unspecified atom stereocenters. The lowest BCUT2D eigenvalue weighted by atomic mass is 9.57. The Kier molecular flexibility index (Phi) is 2.67. The number of β-lactam (4-membered cyclic amide) rings is 1. The van der Waals surface area contributed by atoms with E-state index in [9.17, 15) is 9.90 Å². The van der Waals surface area contributed by atoms with Gasteiger partial charge in [0, 0.05) is 5.69 Å². The topological polar surface area (TPSA) is 49.8 Å². The average molecular weight is 285 g/mol. The molecule has 4 atom stereocenters. The Morgan fingerprint density at radius 1 is 1.29 bits per heavy atom. The maximum Gasteiger partial charge on any atom is 0.233 e. The van der Waals surface area contributed by atoms with Crippen LogP contribution in [0, 0.1) is 11.8 Å². The molecule has 3 aliphatic rings. The molecule has 1 heterocycles. The number of carbonyl (C=O) groups is 1. The number of hydrogen-bond donors (Lipinski definition) is 1. The van der Waals surface area contributed by atoms with Crippen LogP contribution in [-0.2, 0) is 4.79 Å². The van der Waals surface area contributed by atoms with Gasteiger partial charge in [0.25, 0.3) is 0 Å². The molecule has 21 heavy (non-hydrogen) atoms. The number of aliphatic hydroxyl groups is 1. The summed E-state index contributed by atoms with van der Waals surface area (Å²) >= 11 is 0. The summed E-state index contributed by atoms with van der Waals surface area (Å²) in [6.45, 7) is 2.01. The zero-order valence-corrected chi connectivity index (χ0v) is 12.2. The first kappa shape index (κ1) is 12.9. The van der Waals surface area contributed by atoms with Gasteiger partial charge in [-0.1, -0.05) is 5.57 Å². The highest BCUT2D eigenvalue weighted by atomic mass is 16.5. The van der Waals surface area contributed by atoms with E-state index in [1.54, 1.807) is 12.0 Å². The number of methoxy groups -OCH3 is 1. The van der Waals surface area contributed by atoms with Crippen molar-refractivity contribution >= 4 is 11.6 Å². The smallest absolute Gasteiger partial charge is 0.233 e. The van der Waals surface area contributed by atoms with Gasteiger partial charge in [-0.25, -0.2) is 0 Å². The summed E-state index contributed by atoms with van der Waals surface area (Å²) < 4.78 is 5.15. The number of aliphatic hydroxyl groups excluding tert-OH is 1. The van der Waals surface area contributed by atoms with Crippen molar-refractivity contribution in [3.05, 3.63) is 35.4 Å². The van der Waals surface area contributed by atoms with Crippen LogP contribution in [0.2, 0.25) is 0 Å². The van der Waals surface area contributed by atoms with Gasteiger partial charge in [-0.05, 0) is 55.5 Å². The molecule has 1 aromatic rings. The molecule has 0 spiro atoms. The molecule has 1 N–H and O–H groups in total. The van der Waals surface area contributed by atoms with Gasteiger partial charge in [0.15, 0.2) is 0 Å². The standard InChI is InChI=1S/C17H19NO3/c1-9-12-7-8-13(12)14-15(16(9)19)18(17(14)20)10-3-5-11(21-2)6-4-10/h3-6,13-16,19H,7-8H2,1-2H3/t13-,14-,15-,16+/m1/s1. The molecule has 4 rings (SSSR count). The molecule has 2 fully saturated rings. The predicted octanol–water partition coefficient (Wildman–Crippen LogP) is 2.13. The van der Waals surface area contributed by atoms with Crippen molar-refractivity contribution in [3.8, 4) is 5.75 Å². The number of anilines is 1. The number of carbonyl (C=O) groups excluding carboxylic acids is 1. The van der Waals surface area contributed by atoms with Crippen LogP contribution >= 0.6 is 0 Å².